The molecule has 0 fully saturated rings. The van der Waals surface area contributed by atoms with E-state index in [2.05, 4.69) is 10.6 Å². The maximum atomic E-state index is 12.7. The van der Waals surface area contributed by atoms with Crippen molar-refractivity contribution in [3.05, 3.63) is 94.5 Å². The Bertz CT molecular complexity index is 1430. The van der Waals surface area contributed by atoms with Crippen molar-refractivity contribution in [2.75, 3.05) is 11.9 Å². The van der Waals surface area contributed by atoms with Crippen LogP contribution in [0.25, 0.3) is 0 Å². The van der Waals surface area contributed by atoms with Crippen LogP contribution in [-0.2, 0) is 11.3 Å². The molecule has 0 spiro atoms. The molecule has 4 rings (SSSR count). The molecule has 0 saturated carbocycles. The largest absolute Gasteiger partial charge is 0.427 e. The second kappa shape index (κ2) is 11.1. The van der Waals surface area contributed by atoms with Gasteiger partial charge in [-0.2, -0.15) is 0 Å². The number of hydrogen-bond donors (Lipinski definition) is 2. The summed E-state index contributed by atoms with van der Waals surface area (Å²) < 4.78 is 5.01. The highest BCUT2D eigenvalue weighted by atomic mass is 16.5. The molecule has 0 bridgehead atoms. The van der Waals surface area contributed by atoms with E-state index in [1.54, 1.807) is 42.5 Å². The van der Waals surface area contributed by atoms with Gasteiger partial charge < -0.3 is 15.4 Å². The first-order valence-electron chi connectivity index (χ1n) is 12.1. The second-order valence-corrected chi connectivity index (χ2v) is 9.33. The number of esters is 1. The van der Waals surface area contributed by atoms with Gasteiger partial charge in [-0.05, 0) is 60.0 Å². The fraction of sp³-hybridized carbons (Fsp3) is 0.207. The zero-order valence-corrected chi connectivity index (χ0v) is 21.2. The molecule has 0 unspecified atom stereocenters. The highest BCUT2D eigenvalue weighted by Gasteiger charge is 2.36. The molecule has 2 N–H and O–H groups in total. The summed E-state index contributed by atoms with van der Waals surface area (Å²) in [5, 5.41) is 5.58. The number of nitrogens with zero attached hydrogens (tertiary/aromatic N) is 1. The Morgan fingerprint density at radius 3 is 2.21 bits per heavy atom. The fourth-order valence-electron chi connectivity index (χ4n) is 4.02. The lowest BCUT2D eigenvalue weighted by Crippen LogP contribution is -2.33. The van der Waals surface area contributed by atoms with Crippen molar-refractivity contribution in [2.45, 2.75) is 27.3 Å². The number of hydrogen-bond acceptors (Lipinski definition) is 6. The Hall–Kier alpha value is -4.79. The molecule has 9 heteroatoms. The molecule has 0 radical (unpaired) electrons. The van der Waals surface area contributed by atoms with Crippen molar-refractivity contribution >= 4 is 35.3 Å². The minimum absolute atomic E-state index is 0.137. The van der Waals surface area contributed by atoms with Crippen LogP contribution in [0.2, 0.25) is 0 Å². The number of carbonyl (C=O) groups excluding carboxylic acids is 5. The summed E-state index contributed by atoms with van der Waals surface area (Å²) in [5.74, 6) is -1.52. The van der Waals surface area contributed by atoms with E-state index in [1.165, 1.54) is 36.1 Å². The molecule has 0 aromatic heterocycles. The molecule has 194 valence electrons. The number of rotatable bonds is 8. The van der Waals surface area contributed by atoms with Gasteiger partial charge >= 0.3 is 5.97 Å². The van der Waals surface area contributed by atoms with Crippen molar-refractivity contribution in [3.8, 4) is 5.75 Å². The van der Waals surface area contributed by atoms with Crippen LogP contribution in [-0.4, -0.2) is 41.0 Å². The minimum Gasteiger partial charge on any atom is -0.427 e. The lowest BCUT2D eigenvalue weighted by molar-refractivity contribution is -0.131. The maximum Gasteiger partial charge on any atom is 0.308 e. The van der Waals surface area contributed by atoms with Gasteiger partial charge in [0.25, 0.3) is 23.6 Å². The van der Waals surface area contributed by atoms with Gasteiger partial charge in [-0.3, -0.25) is 28.9 Å². The number of carbonyl (C=O) groups is 5. The molecule has 3 aromatic carbocycles. The molecule has 1 aliphatic heterocycles. The number of fused-ring (bicyclic) bond motifs is 1. The molecule has 0 aliphatic carbocycles. The van der Waals surface area contributed by atoms with Crippen molar-refractivity contribution < 1.29 is 28.7 Å². The lowest BCUT2D eigenvalue weighted by Gasteiger charge is -2.15. The van der Waals surface area contributed by atoms with E-state index >= 15 is 0 Å². The van der Waals surface area contributed by atoms with Crippen molar-refractivity contribution in [1.29, 1.82) is 0 Å². The van der Waals surface area contributed by atoms with E-state index in [4.69, 9.17) is 4.74 Å². The van der Waals surface area contributed by atoms with Crippen LogP contribution in [0.15, 0.2) is 66.7 Å². The predicted molar refractivity (Wildman–Crippen MR) is 140 cm³/mol. The summed E-state index contributed by atoms with van der Waals surface area (Å²) in [6.45, 7) is 5.68. The monoisotopic (exact) mass is 513 g/mol. The second-order valence-electron chi connectivity index (χ2n) is 9.33. The summed E-state index contributed by atoms with van der Waals surface area (Å²) in [7, 11) is 0. The molecule has 0 atom stereocenters. The number of amides is 4. The third kappa shape index (κ3) is 5.95. The average molecular weight is 514 g/mol. The standard InChI is InChI=1S/C29H27N3O6/c1-17(2)16-32-28(36)24-12-9-21(14-25(24)29(32)37)26(34)30-15-19-7-10-22(11-8-19)31-27(35)20-5-4-6-23(13-20)38-18(3)33/h4-14,17H,15-16H2,1-3H3,(H,30,34)(H,31,35). The van der Waals surface area contributed by atoms with Gasteiger partial charge in [0.2, 0.25) is 0 Å². The van der Waals surface area contributed by atoms with Crippen LogP contribution in [0.3, 0.4) is 0 Å². The number of anilines is 1. The summed E-state index contributed by atoms with van der Waals surface area (Å²) in [6.07, 6.45) is 0. The van der Waals surface area contributed by atoms with Crippen LogP contribution in [0, 0.1) is 5.92 Å². The van der Waals surface area contributed by atoms with Gasteiger partial charge in [0.15, 0.2) is 0 Å². The van der Waals surface area contributed by atoms with E-state index in [0.29, 0.717) is 23.4 Å². The summed E-state index contributed by atoms with van der Waals surface area (Å²) >= 11 is 0. The SMILES string of the molecule is CC(=O)Oc1cccc(C(=O)Nc2ccc(CNC(=O)c3ccc4c(c3)C(=O)N(CC(C)C)C4=O)cc2)c1. The smallest absolute Gasteiger partial charge is 0.308 e. The van der Waals surface area contributed by atoms with Gasteiger partial charge in [0.1, 0.15) is 5.75 Å². The molecular weight excluding hydrogens is 486 g/mol. The summed E-state index contributed by atoms with van der Waals surface area (Å²) in [5.41, 5.74) is 2.52. The molecule has 3 aromatic rings. The number of nitrogens with one attached hydrogen (secondary N) is 2. The maximum absolute atomic E-state index is 12.7. The van der Waals surface area contributed by atoms with Gasteiger partial charge in [-0.15, -0.1) is 0 Å². The first-order chi connectivity index (χ1) is 18.1. The van der Waals surface area contributed by atoms with E-state index in [-0.39, 0.29) is 53.0 Å². The lowest BCUT2D eigenvalue weighted by atomic mass is 10.1. The number of imide groups is 1. The summed E-state index contributed by atoms with van der Waals surface area (Å²) in [4.78, 5) is 62.8. The first kappa shape index (κ1) is 26.3. The van der Waals surface area contributed by atoms with Crippen molar-refractivity contribution in [2.24, 2.45) is 5.92 Å². The van der Waals surface area contributed by atoms with E-state index in [9.17, 15) is 24.0 Å². The third-order valence-electron chi connectivity index (χ3n) is 5.80. The van der Waals surface area contributed by atoms with Crippen LogP contribution < -0.4 is 15.4 Å². The topological polar surface area (TPSA) is 122 Å². The molecule has 38 heavy (non-hydrogen) atoms. The zero-order valence-electron chi connectivity index (χ0n) is 21.2. The quantitative estimate of drug-likeness (QED) is 0.266. The predicted octanol–water partition coefficient (Wildman–Crippen LogP) is 4.05. The third-order valence-corrected chi connectivity index (χ3v) is 5.80. The van der Waals surface area contributed by atoms with Crippen molar-refractivity contribution in [1.82, 2.24) is 10.2 Å². The van der Waals surface area contributed by atoms with Gasteiger partial charge in [0, 0.05) is 36.8 Å². The van der Waals surface area contributed by atoms with Gasteiger partial charge in [-0.1, -0.05) is 32.0 Å². The molecule has 0 saturated heterocycles. The average Bonchev–Trinajstić information content (AvgIpc) is 3.11. The Balaban J connectivity index is 1.35. The van der Waals surface area contributed by atoms with Crippen LogP contribution in [0.4, 0.5) is 5.69 Å². The van der Waals surface area contributed by atoms with Crippen LogP contribution >= 0.6 is 0 Å². The van der Waals surface area contributed by atoms with Gasteiger partial charge in [0.05, 0.1) is 11.1 Å². The molecule has 9 nitrogen and oxygen atoms in total. The van der Waals surface area contributed by atoms with E-state index in [0.717, 1.165) is 5.56 Å². The zero-order chi connectivity index (χ0) is 27.4. The Morgan fingerprint density at radius 1 is 0.842 bits per heavy atom. The van der Waals surface area contributed by atoms with Gasteiger partial charge in [-0.25, -0.2) is 0 Å². The van der Waals surface area contributed by atoms with Crippen molar-refractivity contribution in [3.63, 3.8) is 0 Å². The minimum atomic E-state index is -0.474. The highest BCUT2D eigenvalue weighted by Crippen LogP contribution is 2.25. The summed E-state index contributed by atoms with van der Waals surface area (Å²) in [6, 6.07) is 17.7. The first-order valence-corrected chi connectivity index (χ1v) is 12.1. The number of benzene rings is 3. The van der Waals surface area contributed by atoms with Crippen LogP contribution in [0.5, 0.6) is 5.75 Å². The fourth-order valence-corrected chi connectivity index (χ4v) is 4.02. The number of ether oxygens (including phenoxy) is 1. The molecule has 1 heterocycles. The Labute approximate surface area is 219 Å². The molecular formula is C29H27N3O6. The molecule has 4 amide bonds. The highest BCUT2D eigenvalue weighted by molar-refractivity contribution is 6.22. The molecule has 1 aliphatic rings. The Morgan fingerprint density at radius 2 is 1.53 bits per heavy atom. The normalized spacial score (nSPS) is 12.4. The van der Waals surface area contributed by atoms with Crippen LogP contribution in [0.1, 0.15) is 67.8 Å². The Kier molecular flexibility index (Phi) is 7.66. The van der Waals surface area contributed by atoms with E-state index < -0.39 is 5.97 Å². The van der Waals surface area contributed by atoms with E-state index in [1.807, 2.05) is 13.8 Å².